The van der Waals surface area contributed by atoms with Gasteiger partial charge in [-0.2, -0.15) is 13.2 Å². The van der Waals surface area contributed by atoms with Crippen LogP contribution in [0.1, 0.15) is 78.7 Å². The van der Waals surface area contributed by atoms with Gasteiger partial charge in [-0.05, 0) is 103 Å². The van der Waals surface area contributed by atoms with Gasteiger partial charge >= 0.3 is 18.2 Å². The summed E-state index contributed by atoms with van der Waals surface area (Å²) in [6.45, 7) is 8.04. The van der Waals surface area contributed by atoms with Crippen molar-refractivity contribution in [1.82, 2.24) is 4.90 Å². The summed E-state index contributed by atoms with van der Waals surface area (Å²) in [6, 6.07) is 15.8. The third-order valence-corrected chi connectivity index (χ3v) is 8.67. The predicted molar refractivity (Wildman–Crippen MR) is 162 cm³/mol. The molecule has 1 heterocycles. The quantitative estimate of drug-likeness (QED) is 0.290. The van der Waals surface area contributed by atoms with E-state index in [1.54, 1.807) is 56.2 Å². The van der Waals surface area contributed by atoms with Crippen molar-refractivity contribution >= 4 is 17.6 Å². The molecule has 9 heteroatoms. The molecule has 2 aliphatic rings. The molecule has 1 aliphatic heterocycles. The number of halogens is 3. The lowest BCUT2D eigenvalue weighted by Gasteiger charge is -2.36. The van der Waals surface area contributed by atoms with Gasteiger partial charge in [-0.1, -0.05) is 43.7 Å². The highest BCUT2D eigenvalue weighted by Gasteiger charge is 2.42. The molecule has 232 valence electrons. The molecule has 3 aromatic rings. The zero-order valence-electron chi connectivity index (χ0n) is 25.4. The maximum atomic E-state index is 13.6. The second-order valence-electron chi connectivity index (χ2n) is 12.5. The van der Waals surface area contributed by atoms with E-state index in [2.05, 4.69) is 13.8 Å². The number of benzene rings is 3. The highest BCUT2D eigenvalue weighted by molar-refractivity contribution is 5.88. The first-order chi connectivity index (χ1) is 20.7. The predicted octanol–water partition coefficient (Wildman–Crippen LogP) is 8.93. The molecule has 1 fully saturated rings. The number of carboxylic acids is 1. The molecule has 3 aromatic carbocycles. The minimum absolute atomic E-state index is 0.0270. The Labute approximate surface area is 255 Å². The van der Waals surface area contributed by atoms with Crippen molar-refractivity contribution in [3.8, 4) is 16.9 Å². The summed E-state index contributed by atoms with van der Waals surface area (Å²) >= 11 is 0. The minimum Gasteiger partial charge on any atom is -0.496 e. The number of rotatable bonds is 7. The molecule has 1 aliphatic carbocycles. The molecule has 0 radical (unpaired) electrons. The van der Waals surface area contributed by atoms with Gasteiger partial charge in [0.1, 0.15) is 11.9 Å². The molecule has 6 nitrogen and oxygen atoms in total. The molecule has 1 N–H and O–H groups in total. The van der Waals surface area contributed by atoms with Crippen molar-refractivity contribution in [1.29, 1.82) is 0 Å². The van der Waals surface area contributed by atoms with Crippen molar-refractivity contribution in [2.24, 2.45) is 5.41 Å². The number of carboxylic acid groups (broad SMARTS) is 1. The molecule has 1 saturated heterocycles. The van der Waals surface area contributed by atoms with Crippen LogP contribution < -0.4 is 4.74 Å². The average Bonchev–Trinajstić information content (AvgIpc) is 3.24. The van der Waals surface area contributed by atoms with Gasteiger partial charge in [-0.25, -0.2) is 9.59 Å². The fourth-order valence-electron chi connectivity index (χ4n) is 6.32. The minimum atomic E-state index is -4.51. The van der Waals surface area contributed by atoms with E-state index >= 15 is 0 Å². The van der Waals surface area contributed by atoms with Gasteiger partial charge in [0.05, 0.1) is 24.3 Å². The number of aryl methyl sites for hydroxylation is 1. The SMILES string of the molecule is COc1ccc(-c2ccc(C(=O)O)cc2)cc1C1=C(CN2C(=O)O[C@H](c3cc(C)cc(C(F)(F)F)c3)[C@@H]2C)CC(C)(C)CC1. The average molecular weight is 608 g/mol. The molecule has 1 amide bonds. The van der Waals surface area contributed by atoms with Gasteiger partial charge in [-0.15, -0.1) is 0 Å². The van der Waals surface area contributed by atoms with Crippen LogP contribution in [0.15, 0.2) is 66.2 Å². The molecule has 0 unspecified atom stereocenters. The van der Waals surface area contributed by atoms with E-state index in [-0.39, 0.29) is 17.5 Å². The number of carbonyl (C=O) groups excluding carboxylic acids is 1. The summed E-state index contributed by atoms with van der Waals surface area (Å²) in [5.41, 5.74) is 4.92. The maximum absolute atomic E-state index is 13.6. The Kier molecular flexibility index (Phi) is 8.27. The van der Waals surface area contributed by atoms with Crippen LogP contribution in [0.25, 0.3) is 16.7 Å². The van der Waals surface area contributed by atoms with E-state index < -0.39 is 35.9 Å². The van der Waals surface area contributed by atoms with Gasteiger partial charge in [0.25, 0.3) is 0 Å². The number of allylic oxidation sites excluding steroid dienone is 1. The van der Waals surface area contributed by atoms with Crippen LogP contribution in [0.3, 0.4) is 0 Å². The first-order valence-electron chi connectivity index (χ1n) is 14.6. The number of nitrogens with zero attached hydrogens (tertiary/aromatic N) is 1. The Morgan fingerprint density at radius 1 is 1.07 bits per heavy atom. The topological polar surface area (TPSA) is 76.1 Å². The third-order valence-electron chi connectivity index (χ3n) is 8.67. The number of cyclic esters (lactones) is 1. The highest BCUT2D eigenvalue weighted by atomic mass is 19.4. The van der Waals surface area contributed by atoms with E-state index in [1.807, 2.05) is 18.2 Å². The van der Waals surface area contributed by atoms with Crippen LogP contribution in [-0.2, 0) is 10.9 Å². The van der Waals surface area contributed by atoms with Crippen LogP contribution in [0.2, 0.25) is 0 Å². The number of aromatic carboxylic acids is 1. The maximum Gasteiger partial charge on any atom is 0.416 e. The molecule has 5 rings (SSSR count). The van der Waals surface area contributed by atoms with Crippen LogP contribution in [0.4, 0.5) is 18.0 Å². The van der Waals surface area contributed by atoms with E-state index in [1.165, 1.54) is 0 Å². The number of amides is 1. The number of ether oxygens (including phenoxy) is 2. The zero-order chi connectivity index (χ0) is 32.0. The van der Waals surface area contributed by atoms with Crippen molar-refractivity contribution in [2.75, 3.05) is 13.7 Å². The first-order valence-corrected chi connectivity index (χ1v) is 14.6. The van der Waals surface area contributed by atoms with E-state index in [0.717, 1.165) is 52.8 Å². The van der Waals surface area contributed by atoms with E-state index in [4.69, 9.17) is 9.47 Å². The molecular formula is C35H36F3NO5. The third kappa shape index (κ3) is 6.32. The van der Waals surface area contributed by atoms with Gasteiger partial charge < -0.3 is 14.6 Å². The summed E-state index contributed by atoms with van der Waals surface area (Å²) in [6.07, 6.45) is -3.53. The van der Waals surface area contributed by atoms with Gasteiger partial charge in [-0.3, -0.25) is 4.90 Å². The van der Waals surface area contributed by atoms with Crippen LogP contribution in [0, 0.1) is 12.3 Å². The molecule has 44 heavy (non-hydrogen) atoms. The summed E-state index contributed by atoms with van der Waals surface area (Å²) in [5.74, 6) is -0.316. The smallest absolute Gasteiger partial charge is 0.416 e. The fraction of sp³-hybridized carbons (Fsp3) is 0.371. The van der Waals surface area contributed by atoms with Crippen molar-refractivity contribution < 1.29 is 37.3 Å². The lowest BCUT2D eigenvalue weighted by molar-refractivity contribution is -0.137. The Bertz CT molecular complexity index is 1620. The lowest BCUT2D eigenvalue weighted by Crippen LogP contribution is -2.35. The fourth-order valence-corrected chi connectivity index (χ4v) is 6.32. The molecule has 0 bridgehead atoms. The van der Waals surface area contributed by atoms with Crippen molar-refractivity contribution in [2.45, 2.75) is 65.3 Å². The number of alkyl halides is 3. The summed E-state index contributed by atoms with van der Waals surface area (Å²) in [5, 5.41) is 9.29. The highest BCUT2D eigenvalue weighted by Crippen LogP contribution is 2.46. The van der Waals surface area contributed by atoms with Gasteiger partial charge in [0, 0.05) is 12.1 Å². The van der Waals surface area contributed by atoms with Crippen LogP contribution in [-0.4, -0.2) is 41.8 Å². The Hall–Kier alpha value is -4.27. The Balaban J connectivity index is 1.52. The lowest BCUT2D eigenvalue weighted by atomic mass is 9.72. The standard InChI is InChI=1S/C35H36F3NO5/c1-20-14-25(16-27(15-20)35(36,37)38)31-21(2)39(33(42)44-31)19-26-18-34(3,4)13-12-28(26)29-17-24(10-11-30(29)43-5)22-6-8-23(9-7-22)32(40)41/h6-11,14-17,21,31H,12-13,18-19H2,1-5H3,(H,40,41)/t21-,31-/m0/s1. The first kappa shape index (κ1) is 31.2. The number of carbonyl (C=O) groups is 2. The van der Waals surface area contributed by atoms with Gasteiger partial charge in [0.15, 0.2) is 0 Å². The normalized spacial score (nSPS) is 20.1. The molecule has 0 spiro atoms. The second-order valence-corrected chi connectivity index (χ2v) is 12.5. The number of methoxy groups -OCH3 is 1. The van der Waals surface area contributed by atoms with Crippen molar-refractivity contribution in [3.05, 3.63) is 94.1 Å². The van der Waals surface area contributed by atoms with E-state index in [0.29, 0.717) is 23.3 Å². The number of hydrogen-bond acceptors (Lipinski definition) is 4. The van der Waals surface area contributed by atoms with Crippen LogP contribution >= 0.6 is 0 Å². The number of hydrogen-bond donors (Lipinski definition) is 1. The molecular weight excluding hydrogens is 571 g/mol. The van der Waals surface area contributed by atoms with E-state index in [9.17, 15) is 27.9 Å². The summed E-state index contributed by atoms with van der Waals surface area (Å²) < 4.78 is 52.2. The van der Waals surface area contributed by atoms with Gasteiger partial charge in [0.2, 0.25) is 0 Å². The zero-order valence-corrected chi connectivity index (χ0v) is 25.4. The Morgan fingerprint density at radius 3 is 2.39 bits per heavy atom. The monoisotopic (exact) mass is 607 g/mol. The molecule has 0 saturated carbocycles. The second kappa shape index (κ2) is 11.7. The molecule has 2 atom stereocenters. The molecule has 0 aromatic heterocycles. The summed E-state index contributed by atoms with van der Waals surface area (Å²) in [7, 11) is 1.61. The van der Waals surface area contributed by atoms with Crippen molar-refractivity contribution in [3.63, 3.8) is 0 Å². The Morgan fingerprint density at radius 2 is 1.75 bits per heavy atom. The summed E-state index contributed by atoms with van der Waals surface area (Å²) in [4.78, 5) is 26.2. The van der Waals surface area contributed by atoms with Crippen LogP contribution in [0.5, 0.6) is 5.75 Å². The largest absolute Gasteiger partial charge is 0.496 e.